The second-order valence-electron chi connectivity index (χ2n) is 10.1. The Hall–Kier alpha value is -1.63. The van der Waals surface area contributed by atoms with Crippen LogP contribution in [0.3, 0.4) is 0 Å². The SMILES string of the molecule is CC(C)CCNC(=O)[C@@H]1CNC[C@H](CN2CC(=O)N(c3ccccc3Cl)CC2(C)C)C1. The van der Waals surface area contributed by atoms with E-state index in [0.717, 1.165) is 44.7 Å². The molecule has 2 N–H and O–H groups in total. The lowest BCUT2D eigenvalue weighted by atomic mass is 9.87. The van der Waals surface area contributed by atoms with E-state index < -0.39 is 0 Å². The molecule has 3 rings (SSSR count). The number of nitrogens with zero attached hydrogens (tertiary/aromatic N) is 2. The molecule has 0 bridgehead atoms. The van der Waals surface area contributed by atoms with E-state index in [0.29, 0.717) is 29.9 Å². The maximum Gasteiger partial charge on any atom is 0.241 e. The third-order valence-corrected chi connectivity index (χ3v) is 6.80. The quantitative estimate of drug-likeness (QED) is 0.672. The molecule has 0 radical (unpaired) electrons. The van der Waals surface area contributed by atoms with Crippen LogP contribution in [0.1, 0.15) is 40.5 Å². The summed E-state index contributed by atoms with van der Waals surface area (Å²) < 4.78 is 0. The molecule has 0 saturated carbocycles. The van der Waals surface area contributed by atoms with E-state index in [1.165, 1.54) is 0 Å². The molecule has 6 nitrogen and oxygen atoms in total. The molecule has 0 spiro atoms. The standard InChI is InChI=1S/C24H37ClN4O2/c1-17(2)9-10-27-23(31)19-11-18(12-26-13-19)14-28-15-22(30)29(16-24(28,3)4)21-8-6-5-7-20(21)25/h5-8,17-19,26H,9-16H2,1-4H3,(H,27,31)/t18-,19+/m1/s1. The van der Waals surface area contributed by atoms with Gasteiger partial charge in [-0.2, -0.15) is 0 Å². The fourth-order valence-electron chi connectivity index (χ4n) is 4.55. The lowest BCUT2D eigenvalue weighted by Gasteiger charge is -2.48. The van der Waals surface area contributed by atoms with Crippen LogP contribution in [-0.4, -0.2) is 61.5 Å². The Morgan fingerprint density at radius 3 is 2.74 bits per heavy atom. The van der Waals surface area contributed by atoms with Gasteiger partial charge in [0.25, 0.3) is 0 Å². The number of benzene rings is 1. The normalized spacial score (nSPS) is 24.5. The minimum Gasteiger partial charge on any atom is -0.356 e. The average Bonchev–Trinajstić information content (AvgIpc) is 2.71. The van der Waals surface area contributed by atoms with Crippen LogP contribution < -0.4 is 15.5 Å². The van der Waals surface area contributed by atoms with E-state index in [-0.39, 0.29) is 23.3 Å². The molecule has 0 unspecified atom stereocenters. The van der Waals surface area contributed by atoms with E-state index in [2.05, 4.69) is 43.2 Å². The van der Waals surface area contributed by atoms with Crippen molar-refractivity contribution in [3.63, 3.8) is 0 Å². The predicted octanol–water partition coefficient (Wildman–Crippen LogP) is 3.16. The first kappa shape index (κ1) is 24.0. The molecule has 2 heterocycles. The fraction of sp³-hybridized carbons (Fsp3) is 0.667. The van der Waals surface area contributed by atoms with Gasteiger partial charge in [-0.25, -0.2) is 0 Å². The van der Waals surface area contributed by atoms with Crippen molar-refractivity contribution in [3.8, 4) is 0 Å². The van der Waals surface area contributed by atoms with Crippen molar-refractivity contribution >= 4 is 29.1 Å². The molecule has 1 aromatic rings. The van der Waals surface area contributed by atoms with Crippen molar-refractivity contribution in [2.45, 2.75) is 46.1 Å². The molecule has 7 heteroatoms. The number of halogens is 1. The highest BCUT2D eigenvalue weighted by Crippen LogP contribution is 2.32. The van der Waals surface area contributed by atoms with Crippen LogP contribution in [0.4, 0.5) is 5.69 Å². The summed E-state index contributed by atoms with van der Waals surface area (Å²) in [4.78, 5) is 29.6. The maximum atomic E-state index is 13.0. The number of para-hydroxylation sites is 1. The second-order valence-corrected chi connectivity index (χ2v) is 10.5. The first-order valence-electron chi connectivity index (χ1n) is 11.5. The van der Waals surface area contributed by atoms with Crippen LogP contribution in [0.25, 0.3) is 0 Å². The van der Waals surface area contributed by atoms with Crippen molar-refractivity contribution in [2.75, 3.05) is 44.2 Å². The molecule has 0 aliphatic carbocycles. The molecule has 2 aliphatic heterocycles. The lowest BCUT2D eigenvalue weighted by Crippen LogP contribution is -2.63. The molecule has 2 atom stereocenters. The third-order valence-electron chi connectivity index (χ3n) is 6.48. The zero-order valence-corrected chi connectivity index (χ0v) is 20.0. The van der Waals surface area contributed by atoms with E-state index in [1.807, 2.05) is 29.2 Å². The number of carbonyl (C=O) groups excluding carboxylic acids is 2. The number of amides is 2. The minimum atomic E-state index is -0.181. The average molecular weight is 449 g/mol. The number of rotatable bonds is 7. The first-order chi connectivity index (χ1) is 14.7. The van der Waals surface area contributed by atoms with E-state index in [4.69, 9.17) is 11.6 Å². The Bertz CT molecular complexity index is 783. The summed E-state index contributed by atoms with van der Waals surface area (Å²) in [6, 6.07) is 7.51. The number of hydrogen-bond acceptors (Lipinski definition) is 4. The summed E-state index contributed by atoms with van der Waals surface area (Å²) in [7, 11) is 0. The van der Waals surface area contributed by atoms with Crippen molar-refractivity contribution in [1.82, 2.24) is 15.5 Å². The molecule has 0 aromatic heterocycles. The highest BCUT2D eigenvalue weighted by molar-refractivity contribution is 6.33. The third kappa shape index (κ3) is 6.21. The summed E-state index contributed by atoms with van der Waals surface area (Å²) in [5.74, 6) is 1.14. The molecule has 2 fully saturated rings. The molecule has 2 aliphatic rings. The smallest absolute Gasteiger partial charge is 0.241 e. The fourth-order valence-corrected chi connectivity index (χ4v) is 4.79. The molecule has 2 saturated heterocycles. The number of piperazine rings is 1. The van der Waals surface area contributed by atoms with Gasteiger partial charge in [-0.3, -0.25) is 14.5 Å². The second kappa shape index (κ2) is 10.3. The Kier molecular flexibility index (Phi) is 8.00. The summed E-state index contributed by atoms with van der Waals surface area (Å²) in [6.07, 6.45) is 1.86. The Morgan fingerprint density at radius 1 is 1.29 bits per heavy atom. The predicted molar refractivity (Wildman–Crippen MR) is 126 cm³/mol. The monoisotopic (exact) mass is 448 g/mol. The van der Waals surface area contributed by atoms with Gasteiger partial charge < -0.3 is 15.5 Å². The number of piperidine rings is 1. The summed E-state index contributed by atoms with van der Waals surface area (Å²) >= 11 is 6.35. The zero-order valence-electron chi connectivity index (χ0n) is 19.3. The topological polar surface area (TPSA) is 64.7 Å². The van der Waals surface area contributed by atoms with Gasteiger partial charge in [-0.05, 0) is 57.2 Å². The lowest BCUT2D eigenvalue weighted by molar-refractivity contribution is -0.127. The van der Waals surface area contributed by atoms with Crippen LogP contribution in [0.5, 0.6) is 0 Å². The number of hydrogen-bond donors (Lipinski definition) is 2. The minimum absolute atomic E-state index is 0.00543. The Balaban J connectivity index is 1.59. The maximum absolute atomic E-state index is 13.0. The van der Waals surface area contributed by atoms with Gasteiger partial charge in [-0.15, -0.1) is 0 Å². The molecule has 31 heavy (non-hydrogen) atoms. The molecule has 172 valence electrons. The first-order valence-corrected chi connectivity index (χ1v) is 11.8. The van der Waals surface area contributed by atoms with Crippen LogP contribution in [0, 0.1) is 17.8 Å². The van der Waals surface area contributed by atoms with Gasteiger partial charge in [0.05, 0.1) is 23.2 Å². The molecular formula is C24H37ClN4O2. The van der Waals surface area contributed by atoms with Crippen LogP contribution in [0.15, 0.2) is 24.3 Å². The molecule has 2 amide bonds. The van der Waals surface area contributed by atoms with Crippen molar-refractivity contribution < 1.29 is 9.59 Å². The van der Waals surface area contributed by atoms with Gasteiger partial charge in [0.2, 0.25) is 11.8 Å². The van der Waals surface area contributed by atoms with Crippen LogP contribution in [0.2, 0.25) is 5.02 Å². The van der Waals surface area contributed by atoms with Crippen molar-refractivity contribution in [1.29, 1.82) is 0 Å². The van der Waals surface area contributed by atoms with Gasteiger partial charge in [0.15, 0.2) is 0 Å². The highest BCUT2D eigenvalue weighted by Gasteiger charge is 2.40. The summed E-state index contributed by atoms with van der Waals surface area (Å²) in [5.41, 5.74) is 0.596. The summed E-state index contributed by atoms with van der Waals surface area (Å²) in [6.45, 7) is 12.8. The largest absolute Gasteiger partial charge is 0.356 e. The van der Waals surface area contributed by atoms with Gasteiger partial charge in [-0.1, -0.05) is 37.6 Å². The highest BCUT2D eigenvalue weighted by atomic mass is 35.5. The Labute approximate surface area is 191 Å². The van der Waals surface area contributed by atoms with Gasteiger partial charge >= 0.3 is 0 Å². The number of nitrogens with one attached hydrogen (secondary N) is 2. The van der Waals surface area contributed by atoms with E-state index in [1.54, 1.807) is 0 Å². The molecular weight excluding hydrogens is 412 g/mol. The van der Waals surface area contributed by atoms with Gasteiger partial charge in [0.1, 0.15) is 0 Å². The number of anilines is 1. The van der Waals surface area contributed by atoms with Gasteiger partial charge in [0, 0.05) is 31.7 Å². The van der Waals surface area contributed by atoms with E-state index >= 15 is 0 Å². The number of carbonyl (C=O) groups is 2. The van der Waals surface area contributed by atoms with Crippen LogP contribution >= 0.6 is 11.6 Å². The van der Waals surface area contributed by atoms with Crippen molar-refractivity contribution in [3.05, 3.63) is 29.3 Å². The summed E-state index contributed by atoms with van der Waals surface area (Å²) in [5, 5.41) is 7.13. The Morgan fingerprint density at radius 2 is 2.03 bits per heavy atom. The van der Waals surface area contributed by atoms with Crippen molar-refractivity contribution in [2.24, 2.45) is 17.8 Å². The zero-order chi connectivity index (χ0) is 22.6. The molecule has 1 aromatic carbocycles. The van der Waals surface area contributed by atoms with Crippen LogP contribution in [-0.2, 0) is 9.59 Å². The van der Waals surface area contributed by atoms with E-state index in [9.17, 15) is 9.59 Å².